The Bertz CT molecular complexity index is 604. The minimum atomic E-state index is -0.205. The number of halogens is 1. The van der Waals surface area contributed by atoms with Gasteiger partial charge in [-0.25, -0.2) is 0 Å². The molecule has 0 spiro atoms. The van der Waals surface area contributed by atoms with Gasteiger partial charge in [0.05, 0.1) is 5.69 Å². The van der Waals surface area contributed by atoms with Crippen LogP contribution in [0.2, 0.25) is 0 Å². The van der Waals surface area contributed by atoms with Gasteiger partial charge in [0.25, 0.3) is 0 Å². The number of carbonyl (C=O) groups excluding carboxylic acids is 2. The highest BCUT2D eigenvalue weighted by Crippen LogP contribution is 2.38. The third kappa shape index (κ3) is 3.95. The number of alkyl halides is 1. The van der Waals surface area contributed by atoms with Crippen LogP contribution in [-0.4, -0.2) is 16.2 Å². The lowest BCUT2D eigenvalue weighted by atomic mass is 9.72. The van der Waals surface area contributed by atoms with Crippen LogP contribution < -0.4 is 4.90 Å². The van der Waals surface area contributed by atoms with E-state index in [9.17, 15) is 9.59 Å². The van der Waals surface area contributed by atoms with E-state index in [1.165, 1.54) is 10.5 Å². The molecule has 1 aliphatic rings. The highest BCUT2D eigenvalue weighted by Gasteiger charge is 2.37. The van der Waals surface area contributed by atoms with Crippen LogP contribution in [0, 0.1) is 11.3 Å². The summed E-state index contributed by atoms with van der Waals surface area (Å²) in [6, 6.07) is 7.92. The number of hydrogen-bond donors (Lipinski definition) is 0. The van der Waals surface area contributed by atoms with E-state index in [4.69, 9.17) is 0 Å². The van der Waals surface area contributed by atoms with Gasteiger partial charge in [-0.1, -0.05) is 69.3 Å². The van der Waals surface area contributed by atoms with E-state index in [1.807, 2.05) is 19.1 Å². The first-order chi connectivity index (χ1) is 10.6. The van der Waals surface area contributed by atoms with Gasteiger partial charge in [-0.15, -0.1) is 0 Å². The maximum absolute atomic E-state index is 12.1. The molecule has 1 aliphatic heterocycles. The number of rotatable bonds is 5. The van der Waals surface area contributed by atoms with E-state index < -0.39 is 0 Å². The number of hydrogen-bond acceptors (Lipinski definition) is 2. The molecule has 126 valence electrons. The topological polar surface area (TPSA) is 37.4 Å². The van der Waals surface area contributed by atoms with Gasteiger partial charge in [0, 0.05) is 16.8 Å². The van der Waals surface area contributed by atoms with Crippen molar-refractivity contribution in [3.8, 4) is 0 Å². The molecule has 23 heavy (non-hydrogen) atoms. The molecular formula is C19H26INO2. The van der Waals surface area contributed by atoms with E-state index in [-0.39, 0.29) is 28.6 Å². The first-order valence-corrected chi connectivity index (χ1v) is 9.63. The standard InChI is InChI=1S/C19H26INO2/c1-13-10-16(22)21(17(13)23)15-8-6-14(7-9-15)19(4,5)11-18(2,3)12-20/h6-9,13H,10-12H2,1-5H3. The van der Waals surface area contributed by atoms with Crippen LogP contribution in [0.1, 0.15) is 53.0 Å². The Labute approximate surface area is 153 Å². The quantitative estimate of drug-likeness (QED) is 0.388. The van der Waals surface area contributed by atoms with E-state index >= 15 is 0 Å². The molecule has 1 saturated heterocycles. The first-order valence-electron chi connectivity index (χ1n) is 8.11. The summed E-state index contributed by atoms with van der Waals surface area (Å²) < 4.78 is 1.11. The largest absolute Gasteiger partial charge is 0.274 e. The summed E-state index contributed by atoms with van der Waals surface area (Å²) in [4.78, 5) is 25.5. The van der Waals surface area contributed by atoms with Gasteiger partial charge in [-0.3, -0.25) is 14.5 Å². The predicted molar refractivity (Wildman–Crippen MR) is 103 cm³/mol. The lowest BCUT2D eigenvalue weighted by Gasteiger charge is -2.34. The monoisotopic (exact) mass is 427 g/mol. The van der Waals surface area contributed by atoms with Crippen molar-refractivity contribution in [2.24, 2.45) is 11.3 Å². The summed E-state index contributed by atoms with van der Waals surface area (Å²) in [5.74, 6) is -0.392. The summed E-state index contributed by atoms with van der Waals surface area (Å²) >= 11 is 2.45. The number of nitrogens with zero attached hydrogens (tertiary/aromatic N) is 1. The summed E-state index contributed by atoms with van der Waals surface area (Å²) in [6.07, 6.45) is 1.40. The van der Waals surface area contributed by atoms with Crippen LogP contribution in [0.5, 0.6) is 0 Å². The summed E-state index contributed by atoms with van der Waals surface area (Å²) in [5.41, 5.74) is 2.27. The number of benzene rings is 1. The van der Waals surface area contributed by atoms with Gasteiger partial charge in [-0.05, 0) is 34.9 Å². The van der Waals surface area contributed by atoms with Crippen LogP contribution in [0.15, 0.2) is 24.3 Å². The van der Waals surface area contributed by atoms with Gasteiger partial charge in [0.15, 0.2) is 0 Å². The van der Waals surface area contributed by atoms with Crippen molar-refractivity contribution >= 4 is 40.1 Å². The van der Waals surface area contributed by atoms with Gasteiger partial charge in [0.1, 0.15) is 0 Å². The van der Waals surface area contributed by atoms with E-state index in [1.54, 1.807) is 0 Å². The predicted octanol–water partition coefficient (Wildman–Crippen LogP) is 4.71. The number of carbonyl (C=O) groups is 2. The Kier molecular flexibility index (Phi) is 5.24. The average molecular weight is 427 g/mol. The fraction of sp³-hybridized carbons (Fsp3) is 0.579. The SMILES string of the molecule is CC1CC(=O)N(c2ccc(C(C)(C)CC(C)(C)CI)cc2)C1=O. The van der Waals surface area contributed by atoms with Crippen LogP contribution >= 0.6 is 22.6 Å². The lowest BCUT2D eigenvalue weighted by Crippen LogP contribution is -2.30. The maximum atomic E-state index is 12.1. The molecule has 0 aromatic heterocycles. The minimum absolute atomic E-state index is 0.0551. The zero-order valence-electron chi connectivity index (χ0n) is 14.6. The molecule has 2 amide bonds. The fourth-order valence-corrected chi connectivity index (χ4v) is 3.73. The maximum Gasteiger partial charge on any atom is 0.237 e. The second-order valence-corrected chi connectivity index (χ2v) is 8.84. The fourth-order valence-electron chi connectivity index (χ4n) is 3.46. The van der Waals surface area contributed by atoms with Crippen molar-refractivity contribution in [2.75, 3.05) is 9.33 Å². The zero-order valence-corrected chi connectivity index (χ0v) is 16.8. The van der Waals surface area contributed by atoms with Crippen LogP contribution in [0.25, 0.3) is 0 Å². The smallest absolute Gasteiger partial charge is 0.237 e. The van der Waals surface area contributed by atoms with Crippen LogP contribution in [-0.2, 0) is 15.0 Å². The number of amides is 2. The molecule has 2 rings (SSSR count). The molecule has 4 heteroatoms. The van der Waals surface area contributed by atoms with E-state index in [0.717, 1.165) is 10.8 Å². The van der Waals surface area contributed by atoms with Crippen molar-refractivity contribution in [3.05, 3.63) is 29.8 Å². The normalized spacial score (nSPS) is 19.6. The molecule has 1 unspecified atom stereocenters. The second-order valence-electron chi connectivity index (χ2n) is 8.08. The Morgan fingerprint density at radius 1 is 1.13 bits per heavy atom. The Hall–Kier alpha value is -0.910. The highest BCUT2D eigenvalue weighted by molar-refractivity contribution is 14.1. The molecule has 1 fully saturated rings. The third-order valence-corrected chi connectivity index (χ3v) is 6.63. The highest BCUT2D eigenvalue weighted by atomic mass is 127. The Morgan fingerprint density at radius 2 is 1.70 bits per heavy atom. The lowest BCUT2D eigenvalue weighted by molar-refractivity contribution is -0.122. The molecule has 1 aromatic rings. The van der Waals surface area contributed by atoms with E-state index in [2.05, 4.69) is 62.4 Å². The molecule has 0 saturated carbocycles. The molecule has 0 bridgehead atoms. The molecule has 0 N–H and O–H groups in total. The average Bonchev–Trinajstić information content (AvgIpc) is 2.71. The van der Waals surface area contributed by atoms with Crippen LogP contribution in [0.3, 0.4) is 0 Å². The van der Waals surface area contributed by atoms with Gasteiger partial charge in [0.2, 0.25) is 11.8 Å². The summed E-state index contributed by atoms with van der Waals surface area (Å²) in [6.45, 7) is 10.9. The molecule has 0 radical (unpaired) electrons. The molecule has 1 heterocycles. The molecule has 1 aromatic carbocycles. The Balaban J connectivity index is 2.23. The third-order valence-electron chi connectivity index (χ3n) is 4.56. The van der Waals surface area contributed by atoms with Gasteiger partial charge < -0.3 is 0 Å². The molecule has 3 nitrogen and oxygen atoms in total. The van der Waals surface area contributed by atoms with Crippen molar-refractivity contribution in [3.63, 3.8) is 0 Å². The Morgan fingerprint density at radius 3 is 2.13 bits per heavy atom. The number of anilines is 1. The van der Waals surface area contributed by atoms with Crippen molar-refractivity contribution < 1.29 is 9.59 Å². The summed E-state index contributed by atoms with van der Waals surface area (Å²) in [7, 11) is 0. The molecular weight excluding hydrogens is 401 g/mol. The zero-order chi connectivity index (χ0) is 17.4. The van der Waals surface area contributed by atoms with Gasteiger partial charge >= 0.3 is 0 Å². The number of imide groups is 1. The summed E-state index contributed by atoms with van der Waals surface area (Å²) in [5, 5.41) is 0. The second kappa shape index (κ2) is 6.54. The van der Waals surface area contributed by atoms with Crippen molar-refractivity contribution in [1.29, 1.82) is 0 Å². The van der Waals surface area contributed by atoms with E-state index in [0.29, 0.717) is 12.1 Å². The van der Waals surface area contributed by atoms with Crippen LogP contribution in [0.4, 0.5) is 5.69 Å². The van der Waals surface area contributed by atoms with Crippen molar-refractivity contribution in [1.82, 2.24) is 0 Å². The molecule has 0 aliphatic carbocycles. The molecule has 1 atom stereocenters. The van der Waals surface area contributed by atoms with Gasteiger partial charge in [-0.2, -0.15) is 0 Å². The van der Waals surface area contributed by atoms with Crippen molar-refractivity contribution in [2.45, 2.75) is 52.9 Å². The minimum Gasteiger partial charge on any atom is -0.274 e. The first kappa shape index (κ1) is 18.4.